The first-order valence-corrected chi connectivity index (χ1v) is 6.83. The van der Waals surface area contributed by atoms with Gasteiger partial charge < -0.3 is 19.7 Å². The standard InChI is InChI=1S/C14H20N2O4/c1-2-16-7-3-4-11(16)12(17)15-10-14(13(18)19)5-8-20-9-6-14/h3-4,7H,2,5-6,8-10H2,1H3,(H,15,17)(H,18,19). The number of carbonyl (C=O) groups is 2. The molecule has 0 bridgehead atoms. The van der Waals surface area contributed by atoms with Gasteiger partial charge in [0.1, 0.15) is 5.69 Å². The molecule has 1 amide bonds. The number of carboxylic acid groups (broad SMARTS) is 1. The van der Waals surface area contributed by atoms with Crippen molar-refractivity contribution in [2.45, 2.75) is 26.3 Å². The largest absolute Gasteiger partial charge is 0.481 e. The van der Waals surface area contributed by atoms with E-state index in [0.717, 1.165) is 0 Å². The zero-order chi connectivity index (χ0) is 14.6. The molecule has 0 radical (unpaired) electrons. The molecule has 20 heavy (non-hydrogen) atoms. The number of aliphatic carboxylic acids is 1. The smallest absolute Gasteiger partial charge is 0.311 e. The predicted octanol–water partition coefficient (Wildman–Crippen LogP) is 1.12. The summed E-state index contributed by atoms with van der Waals surface area (Å²) in [6.45, 7) is 3.64. The van der Waals surface area contributed by atoms with Gasteiger partial charge in [0.05, 0.1) is 5.41 Å². The number of rotatable bonds is 5. The summed E-state index contributed by atoms with van der Waals surface area (Å²) in [6.07, 6.45) is 2.69. The van der Waals surface area contributed by atoms with Crippen LogP contribution in [0.3, 0.4) is 0 Å². The molecule has 6 heteroatoms. The number of nitrogens with zero attached hydrogens (tertiary/aromatic N) is 1. The van der Waals surface area contributed by atoms with Crippen molar-refractivity contribution in [1.29, 1.82) is 0 Å². The highest BCUT2D eigenvalue weighted by Crippen LogP contribution is 2.30. The molecule has 6 nitrogen and oxygen atoms in total. The Hall–Kier alpha value is -1.82. The number of aromatic nitrogens is 1. The Morgan fingerprint density at radius 1 is 1.45 bits per heavy atom. The monoisotopic (exact) mass is 280 g/mol. The summed E-state index contributed by atoms with van der Waals surface area (Å²) >= 11 is 0. The predicted molar refractivity (Wildman–Crippen MR) is 72.6 cm³/mol. The molecule has 2 rings (SSSR count). The van der Waals surface area contributed by atoms with E-state index in [1.807, 2.05) is 17.7 Å². The molecule has 0 spiro atoms. The number of carboxylic acids is 1. The van der Waals surface area contributed by atoms with Crippen LogP contribution >= 0.6 is 0 Å². The lowest BCUT2D eigenvalue weighted by molar-refractivity contribution is -0.154. The molecule has 0 aliphatic carbocycles. The van der Waals surface area contributed by atoms with E-state index >= 15 is 0 Å². The number of aryl methyl sites for hydroxylation is 1. The third-order valence-corrected chi connectivity index (χ3v) is 3.89. The Balaban J connectivity index is 2.03. The van der Waals surface area contributed by atoms with E-state index in [1.165, 1.54) is 0 Å². The van der Waals surface area contributed by atoms with Crippen LogP contribution in [-0.2, 0) is 16.1 Å². The van der Waals surface area contributed by atoms with Crippen LogP contribution in [-0.4, -0.2) is 41.3 Å². The summed E-state index contributed by atoms with van der Waals surface area (Å²) in [5, 5.41) is 12.2. The maximum Gasteiger partial charge on any atom is 0.311 e. The quantitative estimate of drug-likeness (QED) is 0.847. The summed E-state index contributed by atoms with van der Waals surface area (Å²) < 4.78 is 7.04. The van der Waals surface area contributed by atoms with E-state index in [1.54, 1.807) is 12.1 Å². The van der Waals surface area contributed by atoms with Crippen LogP contribution in [0.1, 0.15) is 30.3 Å². The summed E-state index contributed by atoms with van der Waals surface area (Å²) in [5.41, 5.74) is -0.350. The number of amides is 1. The van der Waals surface area contributed by atoms with Gasteiger partial charge in [0, 0.05) is 32.5 Å². The second-order valence-corrected chi connectivity index (χ2v) is 5.06. The minimum Gasteiger partial charge on any atom is -0.481 e. The van der Waals surface area contributed by atoms with Crippen LogP contribution in [0.5, 0.6) is 0 Å². The fraction of sp³-hybridized carbons (Fsp3) is 0.571. The molecule has 1 fully saturated rings. The van der Waals surface area contributed by atoms with E-state index in [2.05, 4.69) is 5.32 Å². The average Bonchev–Trinajstić information content (AvgIpc) is 2.94. The van der Waals surface area contributed by atoms with Gasteiger partial charge in [-0.3, -0.25) is 9.59 Å². The highest BCUT2D eigenvalue weighted by Gasteiger charge is 2.40. The van der Waals surface area contributed by atoms with Gasteiger partial charge in [-0.05, 0) is 31.9 Å². The fourth-order valence-electron chi connectivity index (χ4n) is 2.46. The van der Waals surface area contributed by atoms with E-state index in [0.29, 0.717) is 38.3 Å². The number of ether oxygens (including phenoxy) is 1. The molecule has 110 valence electrons. The molecule has 0 aromatic carbocycles. The zero-order valence-corrected chi connectivity index (χ0v) is 11.6. The summed E-state index contributed by atoms with van der Waals surface area (Å²) in [7, 11) is 0. The van der Waals surface area contributed by atoms with Crippen molar-refractivity contribution in [1.82, 2.24) is 9.88 Å². The summed E-state index contributed by atoms with van der Waals surface area (Å²) in [5.74, 6) is -1.10. The fourth-order valence-corrected chi connectivity index (χ4v) is 2.46. The van der Waals surface area contributed by atoms with Crippen molar-refractivity contribution >= 4 is 11.9 Å². The lowest BCUT2D eigenvalue weighted by atomic mass is 9.80. The molecule has 2 heterocycles. The molecule has 1 saturated heterocycles. The average molecular weight is 280 g/mol. The van der Waals surface area contributed by atoms with Crippen LogP contribution in [0, 0.1) is 5.41 Å². The van der Waals surface area contributed by atoms with E-state index < -0.39 is 11.4 Å². The van der Waals surface area contributed by atoms with Gasteiger partial charge in [0.15, 0.2) is 0 Å². The molecule has 1 aromatic heterocycles. The van der Waals surface area contributed by atoms with Gasteiger partial charge in [0.2, 0.25) is 0 Å². The lowest BCUT2D eigenvalue weighted by Gasteiger charge is -2.33. The van der Waals surface area contributed by atoms with Crippen LogP contribution in [0.15, 0.2) is 18.3 Å². The minimum absolute atomic E-state index is 0.138. The van der Waals surface area contributed by atoms with Crippen molar-refractivity contribution < 1.29 is 19.4 Å². The minimum atomic E-state index is -0.905. The van der Waals surface area contributed by atoms with E-state index in [9.17, 15) is 14.7 Å². The first-order chi connectivity index (χ1) is 9.59. The third kappa shape index (κ3) is 2.85. The molecule has 2 N–H and O–H groups in total. The van der Waals surface area contributed by atoms with Gasteiger partial charge in [-0.2, -0.15) is 0 Å². The normalized spacial score (nSPS) is 17.6. The molecule has 0 saturated carbocycles. The molecule has 1 aliphatic rings. The Bertz CT molecular complexity index is 489. The van der Waals surface area contributed by atoms with Crippen LogP contribution in [0.25, 0.3) is 0 Å². The van der Waals surface area contributed by atoms with Gasteiger partial charge in [-0.25, -0.2) is 0 Å². The lowest BCUT2D eigenvalue weighted by Crippen LogP contribution is -2.46. The van der Waals surface area contributed by atoms with Gasteiger partial charge in [-0.15, -0.1) is 0 Å². The van der Waals surface area contributed by atoms with Crippen molar-refractivity contribution in [2.75, 3.05) is 19.8 Å². The number of hydrogen-bond acceptors (Lipinski definition) is 3. The van der Waals surface area contributed by atoms with Gasteiger partial charge in [-0.1, -0.05) is 0 Å². The second kappa shape index (κ2) is 6.09. The van der Waals surface area contributed by atoms with E-state index in [-0.39, 0.29) is 12.5 Å². The van der Waals surface area contributed by atoms with Gasteiger partial charge in [0.25, 0.3) is 5.91 Å². The highest BCUT2D eigenvalue weighted by atomic mass is 16.5. The van der Waals surface area contributed by atoms with E-state index in [4.69, 9.17) is 4.74 Å². The maximum absolute atomic E-state index is 12.1. The van der Waals surface area contributed by atoms with Crippen LogP contribution < -0.4 is 5.32 Å². The highest BCUT2D eigenvalue weighted by molar-refractivity contribution is 5.93. The number of nitrogens with one attached hydrogen (secondary N) is 1. The molecular weight excluding hydrogens is 260 g/mol. The molecular formula is C14H20N2O4. The summed E-state index contributed by atoms with van der Waals surface area (Å²) in [6, 6.07) is 3.54. The Morgan fingerprint density at radius 3 is 2.75 bits per heavy atom. The Morgan fingerprint density at radius 2 is 2.15 bits per heavy atom. The van der Waals surface area contributed by atoms with Crippen molar-refractivity contribution in [3.05, 3.63) is 24.0 Å². The topological polar surface area (TPSA) is 80.6 Å². The second-order valence-electron chi connectivity index (χ2n) is 5.06. The first-order valence-electron chi connectivity index (χ1n) is 6.83. The summed E-state index contributed by atoms with van der Waals surface area (Å²) in [4.78, 5) is 23.6. The Labute approximate surface area is 117 Å². The number of carbonyl (C=O) groups excluding carboxylic acids is 1. The zero-order valence-electron chi connectivity index (χ0n) is 11.6. The van der Waals surface area contributed by atoms with Crippen molar-refractivity contribution in [3.63, 3.8) is 0 Å². The molecule has 0 unspecified atom stereocenters. The third-order valence-electron chi connectivity index (χ3n) is 3.89. The SMILES string of the molecule is CCn1cccc1C(=O)NCC1(C(=O)O)CCOCC1. The first kappa shape index (κ1) is 14.6. The van der Waals surface area contributed by atoms with Crippen molar-refractivity contribution in [2.24, 2.45) is 5.41 Å². The van der Waals surface area contributed by atoms with Crippen molar-refractivity contribution in [3.8, 4) is 0 Å². The van der Waals surface area contributed by atoms with Gasteiger partial charge >= 0.3 is 5.97 Å². The van der Waals surface area contributed by atoms with Crippen LogP contribution in [0.4, 0.5) is 0 Å². The molecule has 1 aliphatic heterocycles. The Kier molecular flexibility index (Phi) is 4.44. The number of hydrogen-bond donors (Lipinski definition) is 2. The maximum atomic E-state index is 12.1. The molecule has 0 atom stereocenters. The molecule has 1 aromatic rings. The van der Waals surface area contributed by atoms with Crippen LogP contribution in [0.2, 0.25) is 0 Å².